The smallest absolute Gasteiger partial charge is 0.330 e. The van der Waals surface area contributed by atoms with Crippen LogP contribution in [-0.4, -0.2) is 199 Å². The highest BCUT2D eigenvalue weighted by atomic mass is 16.7. The summed E-state index contributed by atoms with van der Waals surface area (Å²) in [6.07, 6.45) is -23.9. The summed E-state index contributed by atoms with van der Waals surface area (Å²) in [5.41, 5.74) is 0.392. The van der Waals surface area contributed by atoms with Gasteiger partial charge in [0, 0.05) is 18.2 Å². The Bertz CT molecular complexity index is 2250. The molecule has 360 valence electrons. The van der Waals surface area contributed by atoms with Crippen LogP contribution in [0, 0.1) is 0 Å². The first-order valence-corrected chi connectivity index (χ1v) is 20.2. The molecule has 3 fully saturated rings. The van der Waals surface area contributed by atoms with E-state index in [-0.39, 0.29) is 39.9 Å². The van der Waals surface area contributed by atoms with Crippen molar-refractivity contribution in [1.82, 2.24) is 0 Å². The molecule has 16 unspecified atom stereocenters. The van der Waals surface area contributed by atoms with Gasteiger partial charge in [0.15, 0.2) is 28.8 Å². The van der Waals surface area contributed by atoms with Crippen molar-refractivity contribution in [3.63, 3.8) is 0 Å². The van der Waals surface area contributed by atoms with Gasteiger partial charge in [-0.3, -0.25) is 0 Å². The van der Waals surface area contributed by atoms with Crippen LogP contribution in [0.15, 0.2) is 60.4 Å². The van der Waals surface area contributed by atoms with E-state index in [1.807, 2.05) is 0 Å². The molecule has 0 aliphatic carbocycles. The Morgan fingerprint density at radius 1 is 0.591 bits per heavy atom. The number of phenols is 4. The van der Waals surface area contributed by atoms with Crippen LogP contribution in [-0.2, 0) is 28.5 Å². The number of rotatable bonds is 13. The SMILES string of the molecule is O=C(C=Cc1ccc(O)c(O)c1)OCC1OC(Oc2cc(O)c3c(c2)[OH+]C(c2ccc(O)c(OC4OC(CO)C(O)C(O)C4O)c2)C(OC2OC(CO)C(O)C(O)C2O)=C3)C(O)C(O)C1O. The molecule has 0 saturated carbocycles. The molecule has 0 amide bonds. The van der Waals surface area contributed by atoms with Crippen LogP contribution >= 0.6 is 0 Å². The average molecular weight is 938 g/mol. The molecule has 24 nitrogen and oxygen atoms in total. The fourth-order valence-corrected chi connectivity index (χ4v) is 7.37. The molecule has 0 radical (unpaired) electrons. The maximum Gasteiger partial charge on any atom is 0.330 e. The molecule has 3 aromatic rings. The number of benzene rings is 3. The van der Waals surface area contributed by atoms with Crippen LogP contribution in [0.5, 0.6) is 40.2 Å². The van der Waals surface area contributed by atoms with Gasteiger partial charge in [-0.25, -0.2) is 4.79 Å². The summed E-state index contributed by atoms with van der Waals surface area (Å²) in [6, 6.07) is 9.75. The molecular formula is C42H49O24+. The molecule has 16 N–H and O–H groups in total. The van der Waals surface area contributed by atoms with Crippen molar-refractivity contribution in [2.24, 2.45) is 0 Å². The van der Waals surface area contributed by atoms with Crippen molar-refractivity contribution in [3.8, 4) is 40.2 Å². The fraction of sp³-hybridized carbons (Fsp3) is 0.452. The number of fused-ring (bicyclic) bond motifs is 1. The molecule has 0 bridgehead atoms. The van der Waals surface area contributed by atoms with Gasteiger partial charge < -0.3 is 114 Å². The summed E-state index contributed by atoms with van der Waals surface area (Å²) >= 11 is 0. The first-order chi connectivity index (χ1) is 31.4. The molecule has 24 heteroatoms. The van der Waals surface area contributed by atoms with Crippen LogP contribution in [0.4, 0.5) is 0 Å². The van der Waals surface area contributed by atoms with Gasteiger partial charge in [-0.15, -0.1) is 0 Å². The molecule has 0 spiro atoms. The van der Waals surface area contributed by atoms with Crippen LogP contribution < -0.4 is 9.47 Å². The minimum absolute atomic E-state index is 0.0457. The Morgan fingerprint density at radius 2 is 1.15 bits per heavy atom. The monoisotopic (exact) mass is 937 g/mol. The Labute approximate surface area is 372 Å². The van der Waals surface area contributed by atoms with Crippen molar-refractivity contribution < 1.29 is 119 Å². The lowest BCUT2D eigenvalue weighted by Gasteiger charge is -2.40. The molecule has 66 heavy (non-hydrogen) atoms. The van der Waals surface area contributed by atoms with Crippen molar-refractivity contribution in [1.29, 1.82) is 0 Å². The van der Waals surface area contributed by atoms with Crippen molar-refractivity contribution in [2.45, 2.75) is 98.2 Å². The maximum absolute atomic E-state index is 12.5. The van der Waals surface area contributed by atoms with Crippen LogP contribution in [0.3, 0.4) is 0 Å². The lowest BCUT2D eigenvalue weighted by molar-refractivity contribution is -0.295. The zero-order chi connectivity index (χ0) is 47.7. The summed E-state index contributed by atoms with van der Waals surface area (Å²) in [6.45, 7) is -2.23. The van der Waals surface area contributed by atoms with E-state index >= 15 is 0 Å². The number of aliphatic hydroxyl groups excluding tert-OH is 11. The predicted molar refractivity (Wildman–Crippen MR) is 215 cm³/mol. The van der Waals surface area contributed by atoms with E-state index in [2.05, 4.69) is 4.74 Å². The van der Waals surface area contributed by atoms with Crippen molar-refractivity contribution in [3.05, 3.63) is 77.1 Å². The van der Waals surface area contributed by atoms with Crippen LogP contribution in [0.1, 0.15) is 22.8 Å². The Hall–Kier alpha value is -5.55. The zero-order valence-electron chi connectivity index (χ0n) is 34.1. The van der Waals surface area contributed by atoms with Gasteiger partial charge in [-0.05, 0) is 42.0 Å². The third kappa shape index (κ3) is 10.1. The number of carbonyl (C=O) groups excluding carboxylic acids is 1. The lowest BCUT2D eigenvalue weighted by atomic mass is 9.98. The highest BCUT2D eigenvalue weighted by Gasteiger charge is 2.49. The van der Waals surface area contributed by atoms with Crippen LogP contribution in [0.2, 0.25) is 0 Å². The van der Waals surface area contributed by atoms with Gasteiger partial charge in [0.05, 0.1) is 24.8 Å². The number of hydrogen-bond acceptors (Lipinski definition) is 23. The molecule has 3 aromatic carbocycles. The number of esters is 1. The molecule has 7 rings (SSSR count). The topological polar surface area (TPSA) is 398 Å². The zero-order valence-corrected chi connectivity index (χ0v) is 34.1. The number of aromatic hydroxyl groups is 5. The first kappa shape index (κ1) is 48.4. The number of ether oxygens (including phenoxy) is 8. The third-order valence-corrected chi connectivity index (χ3v) is 11.1. The van der Waals surface area contributed by atoms with E-state index in [9.17, 15) is 81.4 Å². The van der Waals surface area contributed by atoms with Gasteiger partial charge in [0.25, 0.3) is 11.9 Å². The molecule has 3 saturated heterocycles. The Kier molecular flexibility index (Phi) is 14.8. The molecule has 4 heterocycles. The molecule has 4 aliphatic heterocycles. The van der Waals surface area contributed by atoms with Gasteiger partial charge in [-0.1, -0.05) is 6.07 Å². The van der Waals surface area contributed by atoms with E-state index in [0.717, 1.165) is 18.2 Å². The van der Waals surface area contributed by atoms with Gasteiger partial charge in [0.2, 0.25) is 18.9 Å². The second kappa shape index (κ2) is 20.1. The molecule has 0 aromatic heterocycles. The number of hydrogen-bond donors (Lipinski definition) is 15. The number of aliphatic hydroxyl groups is 12. The van der Waals surface area contributed by atoms with E-state index in [1.54, 1.807) is 0 Å². The summed E-state index contributed by atoms with van der Waals surface area (Å²) in [7, 11) is 0. The summed E-state index contributed by atoms with van der Waals surface area (Å²) in [4.78, 5) is 12.5. The quantitative estimate of drug-likeness (QED) is 0.0339. The Morgan fingerprint density at radius 3 is 1.76 bits per heavy atom. The van der Waals surface area contributed by atoms with Gasteiger partial charge >= 0.3 is 5.97 Å². The van der Waals surface area contributed by atoms with Gasteiger partial charge in [0.1, 0.15) is 96.9 Å². The van der Waals surface area contributed by atoms with E-state index in [0.29, 0.717) is 5.56 Å². The lowest BCUT2D eigenvalue weighted by Crippen LogP contribution is -2.60. The highest BCUT2D eigenvalue weighted by molar-refractivity contribution is 5.87. The van der Waals surface area contributed by atoms with Crippen molar-refractivity contribution in [2.75, 3.05) is 19.8 Å². The number of carbonyl (C=O) groups is 1. The fourth-order valence-electron chi connectivity index (χ4n) is 7.37. The third-order valence-electron chi connectivity index (χ3n) is 11.1. The molecule has 16 atom stereocenters. The normalized spacial score (nSPS) is 34.4. The minimum Gasteiger partial charge on any atom is -0.571 e. The van der Waals surface area contributed by atoms with Crippen LogP contribution in [0.25, 0.3) is 12.2 Å². The summed E-state index contributed by atoms with van der Waals surface area (Å²) in [5, 5.41) is 156. The second-order valence-electron chi connectivity index (χ2n) is 15.7. The van der Waals surface area contributed by atoms with Crippen molar-refractivity contribution >= 4 is 18.1 Å². The summed E-state index contributed by atoms with van der Waals surface area (Å²) < 4.78 is 44.0. The number of phenolic OH excluding ortho intramolecular Hbond substituents is 4. The van der Waals surface area contributed by atoms with E-state index in [1.165, 1.54) is 48.6 Å². The first-order valence-electron chi connectivity index (χ1n) is 20.2. The van der Waals surface area contributed by atoms with E-state index < -0.39 is 141 Å². The standard InChI is InChI=1S/C42H48O24/c43-12-26-30(50)33(53)37(57)41(64-26)62-24-8-16(3-5-20(24)46)39-25(63-42-38(58)34(54)31(51)27(13-44)65-42)11-18-21(47)9-17(10-23(18)61-39)60-40-36(56)35(55)32(52)28(66-40)14-59-29(49)6-2-15-1-4-19(45)22(48)7-15/h1-11,26-28,30-48,50-58H,12-14H2/p+1. The molecule has 4 aliphatic rings. The highest BCUT2D eigenvalue weighted by Crippen LogP contribution is 2.47. The average Bonchev–Trinajstić information content (AvgIpc) is 3.30. The van der Waals surface area contributed by atoms with E-state index in [4.69, 9.17) is 33.2 Å². The maximum atomic E-state index is 12.5. The largest absolute Gasteiger partial charge is 0.571 e. The molecular weight excluding hydrogens is 888 g/mol. The predicted octanol–water partition coefficient (Wildman–Crippen LogP) is -3.72. The summed E-state index contributed by atoms with van der Waals surface area (Å²) in [5.74, 6) is -3.69. The second-order valence-corrected chi connectivity index (χ2v) is 15.7. The minimum atomic E-state index is -1.91. The van der Waals surface area contributed by atoms with Gasteiger partial charge in [-0.2, -0.15) is 0 Å². The Balaban J connectivity index is 1.14.